The van der Waals surface area contributed by atoms with E-state index in [2.05, 4.69) is 42.4 Å². The molecule has 2 unspecified atom stereocenters. The zero-order chi connectivity index (χ0) is 42.2. The average Bonchev–Trinajstić information content (AvgIpc) is 4.14. The number of rotatable bonds is 11. The first-order valence-electron chi connectivity index (χ1n) is 19.9. The Morgan fingerprint density at radius 3 is 1.65 bits per heavy atom. The van der Waals surface area contributed by atoms with Gasteiger partial charge in [0.2, 0.25) is 5.91 Å². The van der Waals surface area contributed by atoms with Gasteiger partial charge >= 0.3 is 12.2 Å². The van der Waals surface area contributed by atoms with Crippen LogP contribution in [0.2, 0.25) is 0 Å². The Morgan fingerprint density at radius 2 is 1.17 bits per heavy atom. The van der Waals surface area contributed by atoms with Crippen molar-refractivity contribution in [3.05, 3.63) is 120 Å². The minimum Gasteiger partial charge on any atom is -0.453 e. The number of imidazole rings is 2. The highest BCUT2D eigenvalue weighted by atomic mass is 16.5. The first kappa shape index (κ1) is 41.2. The third kappa shape index (κ3) is 9.19. The molecule has 0 saturated carbocycles. The third-order valence-corrected chi connectivity index (χ3v) is 11.0. The van der Waals surface area contributed by atoms with Crippen LogP contribution in [0.5, 0.6) is 0 Å². The van der Waals surface area contributed by atoms with Crippen molar-refractivity contribution in [1.82, 2.24) is 40.4 Å². The van der Waals surface area contributed by atoms with Crippen molar-refractivity contribution in [3.8, 4) is 34.4 Å². The van der Waals surface area contributed by atoms with Crippen molar-refractivity contribution in [2.75, 3.05) is 34.4 Å². The average molecular weight is 813 g/mol. The maximum atomic E-state index is 13.9. The number of carbonyl (C=O) groups is 4. The van der Waals surface area contributed by atoms with Crippen molar-refractivity contribution >= 4 is 24.0 Å². The van der Waals surface area contributed by atoms with Crippen LogP contribution in [0.3, 0.4) is 0 Å². The Morgan fingerprint density at radius 1 is 0.683 bits per heavy atom. The van der Waals surface area contributed by atoms with Gasteiger partial charge in [-0.3, -0.25) is 9.59 Å². The molecule has 0 radical (unpaired) electrons. The SMILES string of the molecule is COC(=O)N[C@H](C(=O)N1CCCC1c1ncc(-c2ccc(C#Cc3ccc(-c4cnc(C5CCCN5C(=O)[C@H](NC(=O)OC)c5ccccc5)[nH]4)cc3)cc2)[nH]1)[C@@H](C)OC. The van der Waals surface area contributed by atoms with Crippen LogP contribution >= 0.6 is 0 Å². The number of alkyl carbamates (subject to hydrolysis) is 2. The van der Waals surface area contributed by atoms with Gasteiger partial charge in [0, 0.05) is 31.3 Å². The molecule has 2 saturated heterocycles. The summed E-state index contributed by atoms with van der Waals surface area (Å²) in [6.45, 7) is 2.81. The molecule has 7 rings (SSSR count). The number of aromatic nitrogens is 4. The number of H-pyrrole nitrogens is 2. The number of hydrogen-bond donors (Lipinski definition) is 4. The van der Waals surface area contributed by atoms with E-state index < -0.39 is 30.4 Å². The van der Waals surface area contributed by atoms with Gasteiger partial charge in [0.1, 0.15) is 23.7 Å². The van der Waals surface area contributed by atoms with Gasteiger partial charge in [-0.05, 0) is 73.6 Å². The Hall–Kier alpha value is -6.92. The second-order valence-electron chi connectivity index (χ2n) is 14.7. The molecule has 60 heavy (non-hydrogen) atoms. The first-order valence-corrected chi connectivity index (χ1v) is 19.9. The lowest BCUT2D eigenvalue weighted by molar-refractivity contribution is -0.137. The van der Waals surface area contributed by atoms with Crippen LogP contribution < -0.4 is 10.6 Å². The smallest absolute Gasteiger partial charge is 0.407 e. The zero-order valence-electron chi connectivity index (χ0n) is 33.9. The number of benzene rings is 3. The monoisotopic (exact) mass is 812 g/mol. The number of nitrogens with one attached hydrogen (secondary N) is 4. The van der Waals surface area contributed by atoms with Crippen molar-refractivity contribution in [2.45, 2.75) is 62.9 Å². The number of carbonyl (C=O) groups excluding carboxylic acids is 4. The second-order valence-corrected chi connectivity index (χ2v) is 14.7. The molecule has 0 aliphatic carbocycles. The van der Waals surface area contributed by atoms with Gasteiger partial charge in [-0.25, -0.2) is 19.6 Å². The number of methoxy groups -OCH3 is 3. The third-order valence-electron chi connectivity index (χ3n) is 11.0. The molecule has 2 aliphatic rings. The molecule has 5 aromatic rings. The minimum absolute atomic E-state index is 0.221. The molecule has 3 aromatic carbocycles. The maximum absolute atomic E-state index is 13.9. The number of aromatic amines is 2. The molecule has 0 bridgehead atoms. The van der Waals surface area contributed by atoms with Crippen molar-refractivity contribution in [2.24, 2.45) is 0 Å². The van der Waals surface area contributed by atoms with E-state index in [-0.39, 0.29) is 23.9 Å². The summed E-state index contributed by atoms with van der Waals surface area (Å²) in [4.78, 5) is 71.3. The Balaban J connectivity index is 0.980. The lowest BCUT2D eigenvalue weighted by atomic mass is 10.1. The summed E-state index contributed by atoms with van der Waals surface area (Å²) in [5, 5.41) is 5.31. The fourth-order valence-corrected chi connectivity index (χ4v) is 7.70. The molecule has 15 nitrogen and oxygen atoms in total. The summed E-state index contributed by atoms with van der Waals surface area (Å²) < 4.78 is 14.9. The highest BCUT2D eigenvalue weighted by Gasteiger charge is 2.39. The largest absolute Gasteiger partial charge is 0.453 e. The number of ether oxygens (including phenoxy) is 3. The van der Waals surface area contributed by atoms with Crippen molar-refractivity contribution < 1.29 is 33.4 Å². The van der Waals surface area contributed by atoms with E-state index in [9.17, 15) is 19.2 Å². The van der Waals surface area contributed by atoms with Gasteiger partial charge in [0.05, 0.1) is 56.2 Å². The van der Waals surface area contributed by atoms with Crippen LogP contribution in [0.25, 0.3) is 22.5 Å². The van der Waals surface area contributed by atoms with Crippen LogP contribution in [0.15, 0.2) is 91.3 Å². The van der Waals surface area contributed by atoms with Crippen LogP contribution in [0.4, 0.5) is 9.59 Å². The number of hydrogen-bond acceptors (Lipinski definition) is 9. The second kappa shape index (κ2) is 18.8. The van der Waals surface area contributed by atoms with Crippen molar-refractivity contribution in [3.63, 3.8) is 0 Å². The lowest BCUT2D eigenvalue weighted by Crippen LogP contribution is -2.54. The Bertz CT molecular complexity index is 2350. The molecule has 2 fully saturated rings. The van der Waals surface area contributed by atoms with Gasteiger partial charge in [-0.2, -0.15) is 0 Å². The molecule has 4 N–H and O–H groups in total. The summed E-state index contributed by atoms with van der Waals surface area (Å²) in [5.41, 5.74) is 5.86. The lowest BCUT2D eigenvalue weighted by Gasteiger charge is -2.30. The van der Waals surface area contributed by atoms with E-state index in [0.29, 0.717) is 30.3 Å². The summed E-state index contributed by atoms with van der Waals surface area (Å²) in [7, 11) is 4.02. The molecule has 4 amide bonds. The molecule has 5 atom stereocenters. The summed E-state index contributed by atoms with van der Waals surface area (Å²) in [6, 6.07) is 22.6. The highest BCUT2D eigenvalue weighted by Crippen LogP contribution is 2.35. The number of nitrogens with zero attached hydrogens (tertiary/aromatic N) is 4. The Labute approximate surface area is 348 Å². The van der Waals surface area contributed by atoms with E-state index in [0.717, 1.165) is 59.3 Å². The topological polar surface area (TPSA) is 184 Å². The first-order chi connectivity index (χ1) is 29.2. The van der Waals surface area contributed by atoms with Gasteiger partial charge in [-0.1, -0.05) is 66.4 Å². The molecular formula is C45H48N8O7. The van der Waals surface area contributed by atoms with E-state index in [1.807, 2.05) is 78.9 Å². The maximum Gasteiger partial charge on any atom is 0.407 e. The molecule has 2 aromatic heterocycles. The van der Waals surface area contributed by atoms with Crippen LogP contribution in [-0.2, 0) is 23.8 Å². The van der Waals surface area contributed by atoms with Crippen LogP contribution in [0.1, 0.15) is 79.1 Å². The fraction of sp³-hybridized carbons (Fsp3) is 0.333. The van der Waals surface area contributed by atoms with E-state index in [1.165, 1.54) is 21.3 Å². The highest BCUT2D eigenvalue weighted by molar-refractivity contribution is 5.88. The summed E-state index contributed by atoms with van der Waals surface area (Å²) in [6.07, 6.45) is 4.69. The molecule has 4 heterocycles. The zero-order valence-corrected chi connectivity index (χ0v) is 33.9. The van der Waals surface area contributed by atoms with Gasteiger partial charge in [-0.15, -0.1) is 0 Å². The fourth-order valence-electron chi connectivity index (χ4n) is 7.70. The number of amides is 4. The molecule has 0 spiro atoms. The van der Waals surface area contributed by atoms with E-state index >= 15 is 0 Å². The van der Waals surface area contributed by atoms with Crippen LogP contribution in [-0.4, -0.2) is 100 Å². The minimum atomic E-state index is -0.901. The van der Waals surface area contributed by atoms with Gasteiger partial charge in [0.15, 0.2) is 0 Å². The predicted molar refractivity (Wildman–Crippen MR) is 222 cm³/mol. The van der Waals surface area contributed by atoms with E-state index in [1.54, 1.807) is 29.1 Å². The molecule has 310 valence electrons. The summed E-state index contributed by atoms with van der Waals surface area (Å²) >= 11 is 0. The van der Waals surface area contributed by atoms with Gasteiger partial charge in [0.25, 0.3) is 5.91 Å². The van der Waals surface area contributed by atoms with E-state index in [4.69, 9.17) is 14.2 Å². The van der Waals surface area contributed by atoms with Crippen LogP contribution in [0, 0.1) is 11.8 Å². The molecule has 2 aliphatic heterocycles. The standard InChI is InChI=1S/C45H48N8O7/c1-28(58-2)38(50-44(56)59-3)42(54)52-24-8-12-36(52)40-46-26-34(48-40)31-20-16-29(17-21-31)14-15-30-18-22-32(23-19-30)35-27-47-41(49-35)37-13-9-25-53(37)43(55)39(51-45(57)60-4)33-10-6-5-7-11-33/h5-7,10-11,16-23,26-28,36-39H,8-9,12-13,24-25H2,1-4H3,(H,46,48)(H,47,49)(H,50,56)(H,51,57)/t28-,36?,37?,38+,39-/m1/s1. The normalized spacial score (nSPS) is 17.5. The Kier molecular flexibility index (Phi) is 12.9. The number of likely N-dealkylation sites (tertiary alicyclic amines) is 2. The van der Waals surface area contributed by atoms with Crippen molar-refractivity contribution in [1.29, 1.82) is 0 Å². The predicted octanol–water partition coefficient (Wildman–Crippen LogP) is 6.05. The van der Waals surface area contributed by atoms with Gasteiger partial charge < -0.3 is 44.6 Å². The molecule has 15 heteroatoms. The summed E-state index contributed by atoms with van der Waals surface area (Å²) in [5.74, 6) is 7.37. The molecular weight excluding hydrogens is 765 g/mol. The quantitative estimate of drug-likeness (QED) is 0.115.